The third-order valence-electron chi connectivity index (χ3n) is 2.29. The minimum Gasteiger partial charge on any atom is -0.481 e. The first-order valence-corrected chi connectivity index (χ1v) is 5.19. The number of hydrogen-bond acceptors (Lipinski definition) is 2. The maximum Gasteiger partial charge on any atom is 0.303 e. The number of benzene rings is 1. The first-order valence-electron chi connectivity index (χ1n) is 5.19. The molecule has 17 heavy (non-hydrogen) atoms. The maximum absolute atomic E-state index is 12.9. The van der Waals surface area contributed by atoms with E-state index in [-0.39, 0.29) is 31.1 Å². The van der Waals surface area contributed by atoms with Crippen LogP contribution in [0.4, 0.5) is 4.39 Å². The summed E-state index contributed by atoms with van der Waals surface area (Å²) in [5.74, 6) is -1.62. The minimum absolute atomic E-state index is 0.0405. The third kappa shape index (κ3) is 4.63. The molecule has 0 aliphatic rings. The van der Waals surface area contributed by atoms with Crippen LogP contribution in [0.2, 0.25) is 0 Å². The summed E-state index contributed by atoms with van der Waals surface area (Å²) in [7, 11) is 1.56. The monoisotopic (exact) mass is 239 g/mol. The number of nitrogens with zero attached hydrogens (tertiary/aromatic N) is 1. The molecule has 0 aliphatic heterocycles. The summed E-state index contributed by atoms with van der Waals surface area (Å²) in [5, 5.41) is 8.45. The summed E-state index contributed by atoms with van der Waals surface area (Å²) in [6, 6.07) is 5.96. The summed E-state index contributed by atoms with van der Waals surface area (Å²) in [6.45, 7) is 0.274. The number of rotatable bonds is 5. The molecule has 4 nitrogen and oxygen atoms in total. The van der Waals surface area contributed by atoms with Crippen molar-refractivity contribution in [2.24, 2.45) is 0 Å². The van der Waals surface area contributed by atoms with E-state index < -0.39 is 5.97 Å². The summed E-state index contributed by atoms with van der Waals surface area (Å²) in [4.78, 5) is 23.2. The second-order valence-corrected chi connectivity index (χ2v) is 3.77. The Kier molecular flexibility index (Phi) is 4.63. The van der Waals surface area contributed by atoms with Gasteiger partial charge in [0.2, 0.25) is 5.91 Å². The molecule has 0 fully saturated rings. The molecule has 1 N–H and O–H groups in total. The summed E-state index contributed by atoms with van der Waals surface area (Å²) >= 11 is 0. The number of carbonyl (C=O) groups excluding carboxylic acids is 1. The molecule has 0 radical (unpaired) electrons. The Morgan fingerprint density at radius 1 is 1.35 bits per heavy atom. The van der Waals surface area contributed by atoms with Gasteiger partial charge in [0.1, 0.15) is 5.82 Å². The largest absolute Gasteiger partial charge is 0.481 e. The third-order valence-corrected chi connectivity index (χ3v) is 2.29. The molecule has 0 saturated carbocycles. The van der Waals surface area contributed by atoms with Crippen molar-refractivity contribution < 1.29 is 19.1 Å². The molecule has 1 aromatic rings. The molecule has 0 spiro atoms. The van der Waals surface area contributed by atoms with Crippen molar-refractivity contribution in [2.75, 3.05) is 7.05 Å². The molecule has 1 aromatic carbocycles. The molecule has 1 amide bonds. The van der Waals surface area contributed by atoms with E-state index in [9.17, 15) is 14.0 Å². The quantitative estimate of drug-likeness (QED) is 0.850. The highest BCUT2D eigenvalue weighted by Gasteiger charge is 2.11. The van der Waals surface area contributed by atoms with E-state index in [1.807, 2.05) is 0 Å². The van der Waals surface area contributed by atoms with E-state index in [1.165, 1.54) is 17.0 Å². The minimum atomic E-state index is -1.00. The van der Waals surface area contributed by atoms with Crippen LogP contribution in [0.1, 0.15) is 18.4 Å². The summed E-state index contributed by atoms with van der Waals surface area (Å²) < 4.78 is 12.9. The van der Waals surface area contributed by atoms with Gasteiger partial charge in [0.25, 0.3) is 0 Å². The van der Waals surface area contributed by atoms with Crippen molar-refractivity contribution in [3.05, 3.63) is 35.6 Å². The number of carbonyl (C=O) groups is 2. The molecule has 92 valence electrons. The maximum atomic E-state index is 12.9. The zero-order valence-electron chi connectivity index (χ0n) is 9.52. The smallest absolute Gasteiger partial charge is 0.303 e. The Bertz CT molecular complexity index is 420. The highest BCUT2D eigenvalue weighted by atomic mass is 19.1. The Morgan fingerprint density at radius 3 is 2.65 bits per heavy atom. The number of amides is 1. The lowest BCUT2D eigenvalue weighted by atomic mass is 10.2. The van der Waals surface area contributed by atoms with Crippen LogP contribution in [-0.2, 0) is 16.1 Å². The van der Waals surface area contributed by atoms with Crippen LogP contribution in [0.25, 0.3) is 0 Å². The van der Waals surface area contributed by atoms with Gasteiger partial charge in [-0.25, -0.2) is 4.39 Å². The predicted octanol–water partition coefficient (Wildman–Crippen LogP) is 1.65. The standard InChI is InChI=1S/C12H14FNO3/c1-14(11(15)5-6-12(16)17)8-9-3-2-4-10(13)7-9/h2-4,7H,5-6,8H2,1H3,(H,16,17). The van der Waals surface area contributed by atoms with Gasteiger partial charge in [-0.3, -0.25) is 9.59 Å². The SMILES string of the molecule is CN(Cc1cccc(F)c1)C(=O)CCC(=O)O. The Hall–Kier alpha value is -1.91. The fraction of sp³-hybridized carbons (Fsp3) is 0.333. The molecule has 0 aliphatic carbocycles. The van der Waals surface area contributed by atoms with E-state index in [2.05, 4.69) is 0 Å². The second kappa shape index (κ2) is 5.98. The van der Waals surface area contributed by atoms with Crippen LogP contribution in [0, 0.1) is 5.82 Å². The van der Waals surface area contributed by atoms with Gasteiger partial charge in [-0.1, -0.05) is 12.1 Å². The molecule has 0 aromatic heterocycles. The molecule has 0 heterocycles. The van der Waals surface area contributed by atoms with Crippen molar-refractivity contribution in [1.29, 1.82) is 0 Å². The van der Waals surface area contributed by atoms with Crippen molar-refractivity contribution in [3.63, 3.8) is 0 Å². The molecule has 0 unspecified atom stereocenters. The molecular weight excluding hydrogens is 225 g/mol. The van der Waals surface area contributed by atoms with Crippen molar-refractivity contribution in [2.45, 2.75) is 19.4 Å². The fourth-order valence-electron chi connectivity index (χ4n) is 1.40. The van der Waals surface area contributed by atoms with Crippen LogP contribution in [0.5, 0.6) is 0 Å². The van der Waals surface area contributed by atoms with Gasteiger partial charge in [0.05, 0.1) is 6.42 Å². The normalized spacial score (nSPS) is 10.0. The van der Waals surface area contributed by atoms with Crippen LogP contribution in [0.3, 0.4) is 0 Å². The van der Waals surface area contributed by atoms with Gasteiger partial charge in [-0.15, -0.1) is 0 Å². The fourth-order valence-corrected chi connectivity index (χ4v) is 1.40. The lowest BCUT2D eigenvalue weighted by Crippen LogP contribution is -2.26. The Labute approximate surface area is 98.7 Å². The Morgan fingerprint density at radius 2 is 2.06 bits per heavy atom. The molecule has 0 saturated heterocycles. The van der Waals surface area contributed by atoms with E-state index in [4.69, 9.17) is 5.11 Å². The molecule has 0 atom stereocenters. The molecule has 5 heteroatoms. The number of aliphatic carboxylic acids is 1. The van der Waals surface area contributed by atoms with Crippen molar-refractivity contribution >= 4 is 11.9 Å². The summed E-state index contributed by atoms with van der Waals surface area (Å²) in [5.41, 5.74) is 0.677. The van der Waals surface area contributed by atoms with Crippen LogP contribution < -0.4 is 0 Å². The van der Waals surface area contributed by atoms with Crippen LogP contribution in [-0.4, -0.2) is 28.9 Å². The van der Waals surface area contributed by atoms with E-state index in [1.54, 1.807) is 19.2 Å². The predicted molar refractivity (Wildman–Crippen MR) is 59.7 cm³/mol. The zero-order chi connectivity index (χ0) is 12.8. The van der Waals surface area contributed by atoms with Crippen molar-refractivity contribution in [3.8, 4) is 0 Å². The highest BCUT2D eigenvalue weighted by Crippen LogP contribution is 2.07. The number of carboxylic acid groups (broad SMARTS) is 1. The lowest BCUT2D eigenvalue weighted by molar-refractivity contribution is -0.140. The molecule has 0 bridgehead atoms. The zero-order valence-corrected chi connectivity index (χ0v) is 9.52. The van der Waals surface area contributed by atoms with Crippen molar-refractivity contribution in [1.82, 2.24) is 4.90 Å². The average molecular weight is 239 g/mol. The Balaban J connectivity index is 2.51. The molecular formula is C12H14FNO3. The number of carboxylic acids is 1. The molecule has 1 rings (SSSR count). The first kappa shape index (κ1) is 13.2. The van der Waals surface area contributed by atoms with Gasteiger partial charge in [0, 0.05) is 20.0 Å². The first-order chi connectivity index (χ1) is 7.99. The number of hydrogen-bond donors (Lipinski definition) is 1. The number of halogens is 1. The van der Waals surface area contributed by atoms with Crippen LogP contribution >= 0.6 is 0 Å². The topological polar surface area (TPSA) is 57.6 Å². The summed E-state index contributed by atoms with van der Waals surface area (Å²) in [6.07, 6.45) is -0.229. The van der Waals surface area contributed by atoms with Gasteiger partial charge in [0.15, 0.2) is 0 Å². The van der Waals surface area contributed by atoms with Gasteiger partial charge in [-0.05, 0) is 17.7 Å². The van der Waals surface area contributed by atoms with Gasteiger partial charge < -0.3 is 10.0 Å². The van der Waals surface area contributed by atoms with Gasteiger partial charge >= 0.3 is 5.97 Å². The van der Waals surface area contributed by atoms with E-state index in [0.29, 0.717) is 5.56 Å². The average Bonchev–Trinajstić information content (AvgIpc) is 2.25. The van der Waals surface area contributed by atoms with Gasteiger partial charge in [-0.2, -0.15) is 0 Å². The second-order valence-electron chi connectivity index (χ2n) is 3.77. The van der Waals surface area contributed by atoms with Crippen LogP contribution in [0.15, 0.2) is 24.3 Å². The highest BCUT2D eigenvalue weighted by molar-refractivity contribution is 5.80. The van der Waals surface area contributed by atoms with E-state index in [0.717, 1.165) is 0 Å². The van der Waals surface area contributed by atoms with E-state index >= 15 is 0 Å². The lowest BCUT2D eigenvalue weighted by Gasteiger charge is -2.16.